The van der Waals surface area contributed by atoms with Crippen LogP contribution in [0.25, 0.3) is 11.4 Å². The maximum absolute atomic E-state index is 5.17. The molecule has 20 heavy (non-hydrogen) atoms. The molecule has 1 aromatic carbocycles. The summed E-state index contributed by atoms with van der Waals surface area (Å²) in [4.78, 5) is 9.20. The lowest BCUT2D eigenvalue weighted by atomic mass is 10.1. The summed E-state index contributed by atoms with van der Waals surface area (Å²) < 4.78 is 5.17. The van der Waals surface area contributed by atoms with Crippen LogP contribution in [0.15, 0.2) is 30.3 Å². The number of hydrogen-bond donors (Lipinski definition) is 1. The first kappa shape index (κ1) is 14.5. The maximum Gasteiger partial charge on any atom is 0.161 e. The van der Waals surface area contributed by atoms with Crippen LogP contribution in [0.4, 0.5) is 5.82 Å². The Morgan fingerprint density at radius 1 is 1.20 bits per heavy atom. The molecule has 0 bridgehead atoms. The maximum atomic E-state index is 5.17. The van der Waals surface area contributed by atoms with E-state index in [-0.39, 0.29) is 0 Å². The molecule has 0 aliphatic carbocycles. The highest BCUT2D eigenvalue weighted by Crippen LogP contribution is 2.22. The van der Waals surface area contributed by atoms with E-state index in [9.17, 15) is 0 Å². The first-order valence-electron chi connectivity index (χ1n) is 6.79. The topological polar surface area (TPSA) is 47.0 Å². The summed E-state index contributed by atoms with van der Waals surface area (Å²) in [5.41, 5.74) is 3.17. The molecule has 2 aromatic rings. The van der Waals surface area contributed by atoms with Gasteiger partial charge in [0.05, 0.1) is 6.61 Å². The molecule has 106 valence electrons. The number of nitrogens with one attached hydrogen (secondary N) is 1. The molecule has 0 aliphatic rings. The summed E-state index contributed by atoms with van der Waals surface area (Å²) in [6, 6.07) is 10.1. The fourth-order valence-electron chi connectivity index (χ4n) is 1.99. The molecule has 0 amide bonds. The van der Waals surface area contributed by atoms with E-state index in [0.29, 0.717) is 12.5 Å². The van der Waals surface area contributed by atoms with Crippen LogP contribution < -0.4 is 5.32 Å². The second-order valence-electron chi connectivity index (χ2n) is 5.04. The lowest BCUT2D eigenvalue weighted by molar-refractivity contribution is 0.185. The third-order valence-electron chi connectivity index (χ3n) is 3.09. The third kappa shape index (κ3) is 3.33. The van der Waals surface area contributed by atoms with Crippen molar-refractivity contribution in [2.24, 2.45) is 0 Å². The van der Waals surface area contributed by atoms with E-state index in [2.05, 4.69) is 35.2 Å². The molecule has 2 rings (SSSR count). The molecule has 1 N–H and O–H groups in total. The Bertz CT molecular complexity index is 582. The van der Waals surface area contributed by atoms with Gasteiger partial charge in [0.2, 0.25) is 0 Å². The summed E-state index contributed by atoms with van der Waals surface area (Å²) in [5, 5.41) is 3.10. The molecule has 0 spiro atoms. The van der Waals surface area contributed by atoms with E-state index in [0.717, 1.165) is 28.5 Å². The molecule has 0 aliphatic heterocycles. The van der Waals surface area contributed by atoms with Crippen LogP contribution in [-0.4, -0.2) is 24.1 Å². The number of rotatable bonds is 5. The number of benzene rings is 1. The Kier molecular flexibility index (Phi) is 4.69. The normalized spacial score (nSPS) is 10.8. The van der Waals surface area contributed by atoms with Crippen molar-refractivity contribution in [1.29, 1.82) is 0 Å². The van der Waals surface area contributed by atoms with Gasteiger partial charge in [-0.3, -0.25) is 0 Å². The average Bonchev–Trinajstić information content (AvgIpc) is 2.47. The van der Waals surface area contributed by atoms with E-state index in [1.54, 1.807) is 7.11 Å². The van der Waals surface area contributed by atoms with Crippen LogP contribution in [0.1, 0.15) is 31.0 Å². The number of aromatic nitrogens is 2. The predicted octanol–water partition coefficient (Wildman–Crippen LogP) is 3.46. The highest BCUT2D eigenvalue weighted by atomic mass is 16.5. The first-order chi connectivity index (χ1) is 9.63. The number of methoxy groups -OCH3 is 1. The fourth-order valence-corrected chi connectivity index (χ4v) is 1.99. The minimum absolute atomic E-state index is 0.367. The van der Waals surface area contributed by atoms with E-state index >= 15 is 0 Å². The summed E-state index contributed by atoms with van der Waals surface area (Å²) in [5.74, 6) is 1.96. The second kappa shape index (κ2) is 6.48. The molecular formula is C16H21N3O. The van der Waals surface area contributed by atoms with Crippen molar-refractivity contribution in [2.75, 3.05) is 19.5 Å². The van der Waals surface area contributed by atoms with Crippen molar-refractivity contribution >= 4 is 5.82 Å². The number of anilines is 1. The van der Waals surface area contributed by atoms with Gasteiger partial charge in [-0.2, -0.15) is 0 Å². The lowest BCUT2D eigenvalue weighted by Crippen LogP contribution is -2.02. The van der Waals surface area contributed by atoms with Crippen molar-refractivity contribution < 1.29 is 4.74 Å². The molecule has 0 atom stereocenters. The fraction of sp³-hybridized carbons (Fsp3) is 0.375. The lowest BCUT2D eigenvalue weighted by Gasteiger charge is -2.11. The van der Waals surface area contributed by atoms with Crippen molar-refractivity contribution in [3.63, 3.8) is 0 Å². The van der Waals surface area contributed by atoms with Gasteiger partial charge in [0.1, 0.15) is 5.82 Å². The van der Waals surface area contributed by atoms with Crippen molar-refractivity contribution in [3.8, 4) is 11.4 Å². The van der Waals surface area contributed by atoms with Crippen LogP contribution >= 0.6 is 0 Å². The van der Waals surface area contributed by atoms with Crippen molar-refractivity contribution in [2.45, 2.75) is 26.4 Å². The van der Waals surface area contributed by atoms with Crippen molar-refractivity contribution in [3.05, 3.63) is 41.6 Å². The van der Waals surface area contributed by atoms with Gasteiger partial charge in [0.25, 0.3) is 0 Å². The minimum Gasteiger partial charge on any atom is -0.380 e. The third-order valence-corrected chi connectivity index (χ3v) is 3.09. The minimum atomic E-state index is 0.367. The molecule has 1 aromatic heterocycles. The van der Waals surface area contributed by atoms with Crippen molar-refractivity contribution in [1.82, 2.24) is 9.97 Å². The zero-order valence-corrected chi connectivity index (χ0v) is 12.5. The standard InChI is InChI=1S/C16H21N3O/c1-11(2)14-9-15(17-3)19-16(18-14)13-7-5-6-12(8-13)10-20-4/h5-9,11H,10H2,1-4H3,(H,17,18,19). The first-order valence-corrected chi connectivity index (χ1v) is 6.79. The number of hydrogen-bond acceptors (Lipinski definition) is 4. The zero-order valence-electron chi connectivity index (χ0n) is 12.5. The number of ether oxygens (including phenoxy) is 1. The summed E-state index contributed by atoms with van der Waals surface area (Å²) in [6.45, 7) is 4.86. The zero-order chi connectivity index (χ0) is 14.5. The Labute approximate surface area is 120 Å². The van der Waals surface area contributed by atoms with Gasteiger partial charge in [-0.05, 0) is 17.5 Å². The van der Waals surface area contributed by atoms with Gasteiger partial charge in [-0.25, -0.2) is 9.97 Å². The van der Waals surface area contributed by atoms with E-state index < -0.39 is 0 Å². The Morgan fingerprint density at radius 3 is 2.65 bits per heavy atom. The average molecular weight is 271 g/mol. The highest BCUT2D eigenvalue weighted by molar-refractivity contribution is 5.58. The van der Waals surface area contributed by atoms with Gasteiger partial charge >= 0.3 is 0 Å². The highest BCUT2D eigenvalue weighted by Gasteiger charge is 2.09. The molecule has 1 heterocycles. The summed E-state index contributed by atoms with van der Waals surface area (Å²) in [6.07, 6.45) is 0. The molecule has 0 radical (unpaired) electrons. The second-order valence-corrected chi connectivity index (χ2v) is 5.04. The van der Waals surface area contributed by atoms with Crippen LogP contribution in [0.5, 0.6) is 0 Å². The molecule has 0 unspecified atom stereocenters. The van der Waals surface area contributed by atoms with Crippen LogP contribution in [0.2, 0.25) is 0 Å². The molecule has 4 heteroatoms. The Balaban J connectivity index is 2.45. The van der Waals surface area contributed by atoms with Gasteiger partial charge in [0, 0.05) is 31.5 Å². The summed E-state index contributed by atoms with van der Waals surface area (Å²) in [7, 11) is 3.57. The molecular weight excluding hydrogens is 250 g/mol. The molecule has 0 fully saturated rings. The molecule has 4 nitrogen and oxygen atoms in total. The van der Waals surface area contributed by atoms with Crippen LogP contribution in [0.3, 0.4) is 0 Å². The van der Waals surface area contributed by atoms with E-state index in [1.165, 1.54) is 0 Å². The van der Waals surface area contributed by atoms with Crippen LogP contribution in [0, 0.1) is 0 Å². The Hall–Kier alpha value is -1.94. The predicted molar refractivity (Wildman–Crippen MR) is 81.8 cm³/mol. The molecule has 0 saturated carbocycles. The van der Waals surface area contributed by atoms with Crippen LogP contribution in [-0.2, 0) is 11.3 Å². The summed E-state index contributed by atoms with van der Waals surface area (Å²) >= 11 is 0. The van der Waals surface area contributed by atoms with Gasteiger partial charge in [0.15, 0.2) is 5.82 Å². The molecule has 0 saturated heterocycles. The number of nitrogens with zero attached hydrogens (tertiary/aromatic N) is 2. The smallest absolute Gasteiger partial charge is 0.161 e. The van der Waals surface area contributed by atoms with E-state index in [4.69, 9.17) is 4.74 Å². The van der Waals surface area contributed by atoms with Gasteiger partial charge < -0.3 is 10.1 Å². The largest absolute Gasteiger partial charge is 0.380 e. The quantitative estimate of drug-likeness (QED) is 0.904. The van der Waals surface area contributed by atoms with Gasteiger partial charge in [-0.15, -0.1) is 0 Å². The monoisotopic (exact) mass is 271 g/mol. The SMILES string of the molecule is CNc1cc(C(C)C)nc(-c2cccc(COC)c2)n1. The Morgan fingerprint density at radius 2 is 2.00 bits per heavy atom. The van der Waals surface area contributed by atoms with E-state index in [1.807, 2.05) is 31.3 Å². The van der Waals surface area contributed by atoms with Gasteiger partial charge in [-0.1, -0.05) is 32.0 Å².